The van der Waals surface area contributed by atoms with Gasteiger partial charge in [0.25, 0.3) is 0 Å². The molecular formula is C19H18N2O2. The Morgan fingerprint density at radius 2 is 1.61 bits per heavy atom. The molecule has 0 spiro atoms. The van der Waals surface area contributed by atoms with E-state index in [1.807, 2.05) is 60.7 Å². The maximum Gasteiger partial charge on any atom is 0.212 e. The summed E-state index contributed by atoms with van der Waals surface area (Å²) in [5.74, 6) is 1.41. The summed E-state index contributed by atoms with van der Waals surface area (Å²) >= 11 is 0. The number of aromatic nitrogens is 1. The third kappa shape index (κ3) is 2.79. The van der Waals surface area contributed by atoms with Crippen LogP contribution in [0.3, 0.4) is 0 Å². The van der Waals surface area contributed by atoms with Crippen LogP contribution in [0.15, 0.2) is 65.1 Å². The van der Waals surface area contributed by atoms with Crippen molar-refractivity contribution < 1.29 is 9.52 Å². The zero-order valence-corrected chi connectivity index (χ0v) is 12.6. The molecule has 1 aromatic heterocycles. The first-order chi connectivity index (χ1) is 11.3. The lowest BCUT2D eigenvalue weighted by molar-refractivity contribution is 0.191. The summed E-state index contributed by atoms with van der Waals surface area (Å²) in [4.78, 5) is 4.73. The Balaban J connectivity index is 1.81. The molecule has 0 bridgehead atoms. The maximum atomic E-state index is 9.74. The second-order valence-corrected chi connectivity index (χ2v) is 5.81. The number of hydrogen-bond donors (Lipinski definition) is 2. The SMILES string of the molecule is OC1CNC(c2nc(-c3ccccc3)c(-c3ccccc3)o2)C1. The van der Waals surface area contributed by atoms with E-state index in [1.54, 1.807) is 0 Å². The molecule has 116 valence electrons. The van der Waals surface area contributed by atoms with Gasteiger partial charge in [0, 0.05) is 17.7 Å². The number of aliphatic hydroxyl groups is 1. The predicted molar refractivity (Wildman–Crippen MR) is 88.7 cm³/mol. The molecule has 2 aromatic carbocycles. The second kappa shape index (κ2) is 5.99. The molecule has 1 fully saturated rings. The first-order valence-corrected chi connectivity index (χ1v) is 7.84. The van der Waals surface area contributed by atoms with Crippen LogP contribution in [0.5, 0.6) is 0 Å². The molecule has 4 rings (SSSR count). The summed E-state index contributed by atoms with van der Waals surface area (Å²) in [5, 5.41) is 13.0. The van der Waals surface area contributed by atoms with Crippen molar-refractivity contribution in [3.05, 3.63) is 66.6 Å². The Morgan fingerprint density at radius 1 is 0.957 bits per heavy atom. The molecule has 1 aliphatic rings. The monoisotopic (exact) mass is 306 g/mol. The van der Waals surface area contributed by atoms with Gasteiger partial charge in [0.2, 0.25) is 5.89 Å². The number of β-amino-alcohol motifs (C(OH)–C–C–N with tert-alkyl or cyclic N) is 1. The quantitative estimate of drug-likeness (QED) is 0.778. The van der Waals surface area contributed by atoms with Crippen molar-refractivity contribution in [1.29, 1.82) is 0 Å². The zero-order chi connectivity index (χ0) is 15.6. The van der Waals surface area contributed by atoms with Crippen LogP contribution in [0.4, 0.5) is 0 Å². The molecule has 1 saturated heterocycles. The van der Waals surface area contributed by atoms with Gasteiger partial charge in [-0.3, -0.25) is 0 Å². The molecule has 0 amide bonds. The van der Waals surface area contributed by atoms with Gasteiger partial charge < -0.3 is 14.8 Å². The van der Waals surface area contributed by atoms with Crippen molar-refractivity contribution in [2.45, 2.75) is 18.6 Å². The van der Waals surface area contributed by atoms with Gasteiger partial charge in [0.05, 0.1) is 12.1 Å². The minimum absolute atomic E-state index is 0.0371. The molecule has 2 heterocycles. The van der Waals surface area contributed by atoms with Crippen LogP contribution in [-0.4, -0.2) is 22.7 Å². The molecule has 0 radical (unpaired) electrons. The normalized spacial score (nSPS) is 20.7. The fraction of sp³-hybridized carbons (Fsp3) is 0.211. The Morgan fingerprint density at radius 3 is 2.22 bits per heavy atom. The van der Waals surface area contributed by atoms with E-state index >= 15 is 0 Å². The molecule has 4 nitrogen and oxygen atoms in total. The van der Waals surface area contributed by atoms with Gasteiger partial charge in [-0.2, -0.15) is 0 Å². The molecule has 2 atom stereocenters. The van der Waals surface area contributed by atoms with Crippen molar-refractivity contribution in [1.82, 2.24) is 10.3 Å². The van der Waals surface area contributed by atoms with E-state index in [2.05, 4.69) is 5.32 Å². The van der Waals surface area contributed by atoms with Crippen molar-refractivity contribution in [3.8, 4) is 22.6 Å². The molecule has 0 aliphatic carbocycles. The lowest BCUT2D eigenvalue weighted by Crippen LogP contribution is -2.15. The van der Waals surface area contributed by atoms with E-state index < -0.39 is 0 Å². The highest BCUT2D eigenvalue weighted by atomic mass is 16.4. The molecule has 3 aromatic rings. The smallest absolute Gasteiger partial charge is 0.212 e. The Kier molecular flexibility index (Phi) is 3.69. The average molecular weight is 306 g/mol. The number of oxazole rings is 1. The van der Waals surface area contributed by atoms with Crippen LogP contribution in [0.25, 0.3) is 22.6 Å². The summed E-state index contributed by atoms with van der Waals surface area (Å²) in [6, 6.07) is 20.0. The van der Waals surface area contributed by atoms with Crippen LogP contribution < -0.4 is 5.32 Å². The number of hydrogen-bond acceptors (Lipinski definition) is 4. The lowest BCUT2D eigenvalue weighted by Gasteiger charge is -2.03. The first kappa shape index (κ1) is 14.2. The van der Waals surface area contributed by atoms with Crippen LogP contribution in [0.2, 0.25) is 0 Å². The summed E-state index contributed by atoms with van der Waals surface area (Å²) in [7, 11) is 0. The Bertz CT molecular complexity index is 727. The molecule has 2 N–H and O–H groups in total. The van der Waals surface area contributed by atoms with Crippen molar-refractivity contribution in [3.63, 3.8) is 0 Å². The number of rotatable bonds is 3. The van der Waals surface area contributed by atoms with Gasteiger partial charge in [-0.05, 0) is 6.42 Å². The lowest BCUT2D eigenvalue weighted by atomic mass is 10.1. The van der Waals surface area contributed by atoms with Crippen molar-refractivity contribution in [2.24, 2.45) is 0 Å². The van der Waals surface area contributed by atoms with E-state index in [0.29, 0.717) is 18.9 Å². The molecule has 1 aliphatic heterocycles. The molecule has 23 heavy (non-hydrogen) atoms. The van der Waals surface area contributed by atoms with Gasteiger partial charge in [0.15, 0.2) is 5.76 Å². The summed E-state index contributed by atoms with van der Waals surface area (Å²) < 4.78 is 6.10. The number of nitrogens with zero attached hydrogens (tertiary/aromatic N) is 1. The summed E-state index contributed by atoms with van der Waals surface area (Å²) in [5.41, 5.74) is 2.87. The van der Waals surface area contributed by atoms with Crippen molar-refractivity contribution >= 4 is 0 Å². The fourth-order valence-electron chi connectivity index (χ4n) is 2.97. The molecular weight excluding hydrogens is 288 g/mol. The van der Waals surface area contributed by atoms with E-state index in [9.17, 15) is 5.11 Å². The zero-order valence-electron chi connectivity index (χ0n) is 12.6. The largest absolute Gasteiger partial charge is 0.438 e. The minimum atomic E-state index is -0.341. The first-order valence-electron chi connectivity index (χ1n) is 7.84. The minimum Gasteiger partial charge on any atom is -0.438 e. The molecule has 0 saturated carbocycles. The number of aliphatic hydroxyl groups excluding tert-OH is 1. The molecule has 4 heteroatoms. The van der Waals surface area contributed by atoms with E-state index in [0.717, 1.165) is 22.6 Å². The predicted octanol–water partition coefficient (Wildman–Crippen LogP) is 3.40. The number of benzene rings is 2. The van der Waals surface area contributed by atoms with Crippen LogP contribution in [-0.2, 0) is 0 Å². The molecule has 2 unspecified atom stereocenters. The second-order valence-electron chi connectivity index (χ2n) is 5.81. The topological polar surface area (TPSA) is 58.3 Å². The average Bonchev–Trinajstić information content (AvgIpc) is 3.23. The van der Waals surface area contributed by atoms with Crippen LogP contribution in [0.1, 0.15) is 18.4 Å². The third-order valence-corrected chi connectivity index (χ3v) is 4.13. The Hall–Kier alpha value is -2.43. The van der Waals surface area contributed by atoms with Crippen LogP contribution in [0, 0.1) is 0 Å². The van der Waals surface area contributed by atoms with Crippen LogP contribution >= 0.6 is 0 Å². The number of nitrogens with one attached hydrogen (secondary N) is 1. The summed E-state index contributed by atoms with van der Waals surface area (Å²) in [6.07, 6.45) is 0.287. The van der Waals surface area contributed by atoms with Gasteiger partial charge in [-0.1, -0.05) is 60.7 Å². The summed E-state index contributed by atoms with van der Waals surface area (Å²) in [6.45, 7) is 0.578. The highest BCUT2D eigenvalue weighted by Crippen LogP contribution is 2.35. The highest BCUT2D eigenvalue weighted by molar-refractivity contribution is 5.76. The highest BCUT2D eigenvalue weighted by Gasteiger charge is 2.29. The van der Waals surface area contributed by atoms with Gasteiger partial charge in [0.1, 0.15) is 5.69 Å². The van der Waals surface area contributed by atoms with E-state index in [1.165, 1.54) is 0 Å². The van der Waals surface area contributed by atoms with E-state index in [-0.39, 0.29) is 12.1 Å². The standard InChI is InChI=1S/C19H18N2O2/c22-15-11-16(20-12-15)19-21-17(13-7-3-1-4-8-13)18(23-19)14-9-5-2-6-10-14/h1-10,15-16,20,22H,11-12H2. The van der Waals surface area contributed by atoms with Gasteiger partial charge in [-0.15, -0.1) is 0 Å². The maximum absolute atomic E-state index is 9.74. The van der Waals surface area contributed by atoms with Gasteiger partial charge in [-0.25, -0.2) is 4.98 Å². The van der Waals surface area contributed by atoms with E-state index in [4.69, 9.17) is 9.40 Å². The van der Waals surface area contributed by atoms with Gasteiger partial charge >= 0.3 is 0 Å². The Labute approximate surface area is 134 Å². The third-order valence-electron chi connectivity index (χ3n) is 4.13. The fourth-order valence-corrected chi connectivity index (χ4v) is 2.97. The van der Waals surface area contributed by atoms with Crippen molar-refractivity contribution in [2.75, 3.05) is 6.54 Å².